The average Bonchev–Trinajstić information content (AvgIpc) is 2.71. The molecule has 0 aliphatic heterocycles. The maximum absolute atomic E-state index is 12.1. The van der Waals surface area contributed by atoms with Gasteiger partial charge in [-0.05, 0) is 57.3 Å². The third-order valence-electron chi connectivity index (χ3n) is 4.66. The van der Waals surface area contributed by atoms with Gasteiger partial charge in [0.15, 0.2) is 4.77 Å². The molecule has 29 heavy (non-hydrogen) atoms. The zero-order valence-corrected chi connectivity index (χ0v) is 17.7. The number of hydrogen-bond acceptors (Lipinski definition) is 6. The Kier molecular flexibility index (Phi) is 8.29. The van der Waals surface area contributed by atoms with E-state index in [2.05, 4.69) is 23.8 Å². The van der Waals surface area contributed by atoms with E-state index in [1.807, 2.05) is 0 Å². The molecule has 0 saturated carbocycles. The van der Waals surface area contributed by atoms with Gasteiger partial charge >= 0.3 is 5.97 Å². The first-order chi connectivity index (χ1) is 13.9. The first-order valence-corrected chi connectivity index (χ1v) is 10.0. The zero-order chi connectivity index (χ0) is 21.4. The molecule has 9 heteroatoms. The number of benzene rings is 1. The third-order valence-corrected chi connectivity index (χ3v) is 4.98. The van der Waals surface area contributed by atoms with Gasteiger partial charge < -0.3 is 14.7 Å². The van der Waals surface area contributed by atoms with Crippen LogP contribution in [0.15, 0.2) is 34.1 Å². The number of nitrogens with zero attached hydrogens (tertiary/aromatic N) is 2. The summed E-state index contributed by atoms with van der Waals surface area (Å²) in [7, 11) is 0. The van der Waals surface area contributed by atoms with Gasteiger partial charge in [-0.15, -0.1) is 0 Å². The number of esters is 1. The zero-order valence-electron chi connectivity index (χ0n) is 16.9. The van der Waals surface area contributed by atoms with Crippen LogP contribution in [0.25, 0.3) is 0 Å². The summed E-state index contributed by atoms with van der Waals surface area (Å²) in [5, 5.41) is 10.2. The van der Waals surface area contributed by atoms with Crippen LogP contribution in [-0.2, 0) is 11.3 Å². The number of hydrogen-bond donors (Lipinski definition) is 3. The fourth-order valence-corrected chi connectivity index (χ4v) is 3.09. The van der Waals surface area contributed by atoms with Gasteiger partial charge in [0.25, 0.3) is 5.56 Å². The molecule has 0 radical (unpaired) electrons. The third kappa shape index (κ3) is 5.85. The maximum Gasteiger partial charge on any atom is 0.338 e. The Labute approximate surface area is 174 Å². The lowest BCUT2D eigenvalue weighted by Crippen LogP contribution is -3.11. The molecule has 0 bridgehead atoms. The number of rotatable bonds is 9. The average molecular weight is 420 g/mol. The highest BCUT2D eigenvalue weighted by molar-refractivity contribution is 7.71. The summed E-state index contributed by atoms with van der Waals surface area (Å²) in [5.74, 6) is -0.619. The van der Waals surface area contributed by atoms with Gasteiger partial charge in [0.05, 0.1) is 24.3 Å². The Morgan fingerprint density at radius 3 is 2.52 bits per heavy atom. The molecule has 8 nitrogen and oxygen atoms in total. The Morgan fingerprint density at radius 1 is 1.28 bits per heavy atom. The molecule has 2 rings (SSSR count). The summed E-state index contributed by atoms with van der Waals surface area (Å²) < 4.78 is 6.86. The van der Waals surface area contributed by atoms with Crippen LogP contribution in [-0.4, -0.2) is 53.1 Å². The van der Waals surface area contributed by atoms with Crippen molar-refractivity contribution < 1.29 is 19.5 Å². The van der Waals surface area contributed by atoms with E-state index in [1.165, 1.54) is 15.7 Å². The quantitative estimate of drug-likeness (QED) is 0.325. The number of aromatic nitrogens is 2. The Hall–Kier alpha value is -2.78. The first kappa shape index (κ1) is 22.5. The maximum atomic E-state index is 12.1. The van der Waals surface area contributed by atoms with Crippen LogP contribution in [0, 0.1) is 4.77 Å². The number of carbonyl (C=O) groups excluding carboxylic acids is 1. The summed E-state index contributed by atoms with van der Waals surface area (Å²) in [4.78, 5) is 32.2. The van der Waals surface area contributed by atoms with Crippen molar-refractivity contribution in [3.05, 3.63) is 50.5 Å². The van der Waals surface area contributed by atoms with E-state index in [9.17, 15) is 14.7 Å². The number of ether oxygens (including phenoxy) is 1. The van der Waals surface area contributed by atoms with Crippen LogP contribution < -0.4 is 10.5 Å². The van der Waals surface area contributed by atoms with Crippen LogP contribution in [0.5, 0.6) is 5.88 Å². The van der Waals surface area contributed by atoms with Crippen molar-refractivity contribution in [3.8, 4) is 5.88 Å². The van der Waals surface area contributed by atoms with Crippen LogP contribution in [0.4, 0.5) is 5.69 Å². The number of carbonyl (C=O) groups is 1. The van der Waals surface area contributed by atoms with Gasteiger partial charge in [-0.2, -0.15) is 0 Å². The second-order valence-corrected chi connectivity index (χ2v) is 6.78. The molecule has 0 aliphatic carbocycles. The molecular weight excluding hydrogens is 392 g/mol. The molecule has 1 aromatic heterocycles. The number of aliphatic imine (C=N–C) groups is 1. The van der Waals surface area contributed by atoms with Crippen LogP contribution in [0.2, 0.25) is 0 Å². The number of H-pyrrole nitrogens is 1. The number of quaternary nitrogens is 1. The second-order valence-electron chi connectivity index (χ2n) is 6.39. The number of aromatic amines is 1. The van der Waals surface area contributed by atoms with E-state index in [0.717, 1.165) is 19.6 Å². The molecule has 0 spiro atoms. The molecular formula is C20H27N4O4S+. The lowest BCUT2D eigenvalue weighted by molar-refractivity contribution is -0.896. The predicted molar refractivity (Wildman–Crippen MR) is 114 cm³/mol. The van der Waals surface area contributed by atoms with E-state index >= 15 is 0 Å². The fraction of sp³-hybridized carbons (Fsp3) is 0.400. The Balaban J connectivity index is 2.07. The van der Waals surface area contributed by atoms with Gasteiger partial charge in [0, 0.05) is 12.8 Å². The van der Waals surface area contributed by atoms with Crippen molar-refractivity contribution in [2.45, 2.75) is 27.3 Å². The van der Waals surface area contributed by atoms with Crippen molar-refractivity contribution in [1.82, 2.24) is 9.55 Å². The van der Waals surface area contributed by atoms with Gasteiger partial charge in [0.2, 0.25) is 5.88 Å². The van der Waals surface area contributed by atoms with Crippen molar-refractivity contribution in [3.63, 3.8) is 0 Å². The van der Waals surface area contributed by atoms with Gasteiger partial charge in [-0.25, -0.2) is 4.79 Å². The predicted octanol–water partition coefficient (Wildman–Crippen LogP) is 1.46. The summed E-state index contributed by atoms with van der Waals surface area (Å²) in [6.07, 6.45) is 1.27. The number of likely N-dealkylation sites (N-methyl/N-ethyl adjacent to an activating group) is 1. The smallest absolute Gasteiger partial charge is 0.338 e. The van der Waals surface area contributed by atoms with E-state index in [0.29, 0.717) is 24.4 Å². The van der Waals surface area contributed by atoms with Crippen molar-refractivity contribution in [2.24, 2.45) is 4.99 Å². The minimum absolute atomic E-state index is 0.0165. The highest BCUT2D eigenvalue weighted by atomic mass is 32.1. The van der Waals surface area contributed by atoms with Gasteiger partial charge in [0.1, 0.15) is 18.7 Å². The standard InChI is InChI=1S/C20H26N4O4S/c1-4-23(5-2)11-12-28-19(27)14-7-9-15(10-8-14)21-13-16-17(25)22-20(29)24(6-3)18(16)26/h7-10,13,26H,4-6,11-12H2,1-3H3,(H,22,25,29)/p+1. The monoisotopic (exact) mass is 419 g/mol. The van der Waals surface area contributed by atoms with E-state index < -0.39 is 5.56 Å². The molecule has 0 amide bonds. The minimum Gasteiger partial charge on any atom is -0.494 e. The van der Waals surface area contributed by atoms with E-state index in [4.69, 9.17) is 17.0 Å². The highest BCUT2D eigenvalue weighted by Crippen LogP contribution is 2.16. The topological polar surface area (TPSA) is 101 Å². The first-order valence-electron chi connectivity index (χ1n) is 9.62. The SMILES string of the molecule is CCn1c(O)c(C=Nc2ccc(C(=O)OCC[NH+](CC)CC)cc2)c(=O)[nH]c1=S. The summed E-state index contributed by atoms with van der Waals surface area (Å²) in [6.45, 7) is 9.54. The molecule has 2 aromatic rings. The normalized spacial score (nSPS) is 11.3. The van der Waals surface area contributed by atoms with Crippen LogP contribution >= 0.6 is 12.2 Å². The van der Waals surface area contributed by atoms with E-state index in [1.54, 1.807) is 31.2 Å². The molecule has 156 valence electrons. The molecule has 1 aromatic carbocycles. The number of aromatic hydroxyl groups is 1. The van der Waals surface area contributed by atoms with Crippen LogP contribution in [0.3, 0.4) is 0 Å². The molecule has 0 atom stereocenters. The summed E-state index contributed by atoms with van der Waals surface area (Å²) in [6, 6.07) is 6.51. The Bertz CT molecular complexity index is 975. The number of nitrogens with one attached hydrogen (secondary N) is 2. The largest absolute Gasteiger partial charge is 0.494 e. The van der Waals surface area contributed by atoms with Crippen LogP contribution in [0.1, 0.15) is 36.7 Å². The molecule has 0 fully saturated rings. The van der Waals surface area contributed by atoms with Crippen molar-refractivity contribution in [2.75, 3.05) is 26.2 Å². The second kappa shape index (κ2) is 10.7. The minimum atomic E-state index is -0.517. The summed E-state index contributed by atoms with van der Waals surface area (Å²) in [5.41, 5.74) is 0.455. The lowest BCUT2D eigenvalue weighted by Gasteiger charge is -2.15. The van der Waals surface area contributed by atoms with Gasteiger partial charge in [-0.1, -0.05) is 0 Å². The molecule has 0 unspecified atom stereocenters. The molecule has 0 aliphatic rings. The van der Waals surface area contributed by atoms with Crippen molar-refractivity contribution >= 4 is 30.1 Å². The lowest BCUT2D eigenvalue weighted by atomic mass is 10.2. The summed E-state index contributed by atoms with van der Waals surface area (Å²) >= 11 is 5.02. The molecule has 0 saturated heterocycles. The Morgan fingerprint density at radius 2 is 1.93 bits per heavy atom. The fourth-order valence-electron chi connectivity index (χ4n) is 2.78. The van der Waals surface area contributed by atoms with Gasteiger partial charge in [-0.3, -0.25) is 19.3 Å². The van der Waals surface area contributed by atoms with E-state index in [-0.39, 0.29) is 22.2 Å². The highest BCUT2D eigenvalue weighted by Gasteiger charge is 2.11. The van der Waals surface area contributed by atoms with Crippen molar-refractivity contribution in [1.29, 1.82) is 0 Å². The molecule has 3 N–H and O–H groups in total. The molecule has 1 heterocycles.